The van der Waals surface area contributed by atoms with Crippen LogP contribution in [0.25, 0.3) is 0 Å². The summed E-state index contributed by atoms with van der Waals surface area (Å²) in [6, 6.07) is 7.13. The Kier molecular flexibility index (Phi) is 4.79. The summed E-state index contributed by atoms with van der Waals surface area (Å²) < 4.78 is 5.27. The van der Waals surface area contributed by atoms with E-state index in [1.807, 2.05) is 0 Å². The topological polar surface area (TPSA) is 59.1 Å². The van der Waals surface area contributed by atoms with E-state index in [9.17, 15) is 0 Å². The molecular weight excluding hydrogens is 276 g/mol. The molecule has 0 fully saturated rings. The molecule has 0 bridgehead atoms. The second-order valence-electron chi connectivity index (χ2n) is 3.93. The van der Waals surface area contributed by atoms with Crippen LogP contribution in [0.1, 0.15) is 0 Å². The van der Waals surface area contributed by atoms with Gasteiger partial charge in [0.1, 0.15) is 23.7 Å². The minimum absolute atomic E-state index is 0.618. The number of aromatic nitrogens is 2. The SMILES string of the molecule is C=CCNc1cc(Nc2cc(Cl)ccc2OC)ncn1. The molecule has 5 nitrogen and oxygen atoms in total. The average Bonchev–Trinajstić information content (AvgIpc) is 2.46. The molecular formula is C14H15ClN4O. The van der Waals surface area contributed by atoms with Crippen molar-refractivity contribution in [1.29, 1.82) is 0 Å². The van der Waals surface area contributed by atoms with Crippen LogP contribution in [0.3, 0.4) is 0 Å². The maximum Gasteiger partial charge on any atom is 0.142 e. The maximum absolute atomic E-state index is 5.99. The van der Waals surface area contributed by atoms with E-state index in [-0.39, 0.29) is 0 Å². The van der Waals surface area contributed by atoms with Gasteiger partial charge in [-0.05, 0) is 18.2 Å². The van der Waals surface area contributed by atoms with Crippen LogP contribution in [0.15, 0.2) is 43.2 Å². The quantitative estimate of drug-likeness (QED) is 0.798. The molecule has 0 saturated carbocycles. The number of rotatable bonds is 6. The molecule has 2 N–H and O–H groups in total. The van der Waals surface area contributed by atoms with E-state index in [1.54, 1.807) is 37.5 Å². The van der Waals surface area contributed by atoms with Crippen molar-refractivity contribution >= 4 is 28.9 Å². The number of hydrogen-bond acceptors (Lipinski definition) is 5. The van der Waals surface area contributed by atoms with Gasteiger partial charge in [0.2, 0.25) is 0 Å². The second-order valence-corrected chi connectivity index (χ2v) is 4.36. The van der Waals surface area contributed by atoms with Crippen LogP contribution in [0.5, 0.6) is 5.75 Å². The molecule has 1 aromatic carbocycles. The number of halogens is 1. The van der Waals surface area contributed by atoms with Gasteiger partial charge < -0.3 is 15.4 Å². The van der Waals surface area contributed by atoms with Crippen molar-refractivity contribution in [2.75, 3.05) is 24.3 Å². The van der Waals surface area contributed by atoms with Crippen LogP contribution >= 0.6 is 11.6 Å². The highest BCUT2D eigenvalue weighted by Gasteiger charge is 2.05. The van der Waals surface area contributed by atoms with E-state index in [2.05, 4.69) is 27.2 Å². The van der Waals surface area contributed by atoms with Crippen molar-refractivity contribution in [1.82, 2.24) is 9.97 Å². The number of anilines is 3. The fraction of sp³-hybridized carbons (Fsp3) is 0.143. The summed E-state index contributed by atoms with van der Waals surface area (Å²) in [5.41, 5.74) is 0.744. The van der Waals surface area contributed by atoms with E-state index >= 15 is 0 Å². The zero-order chi connectivity index (χ0) is 14.4. The lowest BCUT2D eigenvalue weighted by Crippen LogP contribution is -2.02. The van der Waals surface area contributed by atoms with Crippen LogP contribution < -0.4 is 15.4 Å². The standard InChI is InChI=1S/C14H15ClN4O/c1-3-6-16-13-8-14(18-9-17-13)19-11-7-10(15)4-5-12(11)20-2/h3-5,7-9H,1,6H2,2H3,(H2,16,17,18,19). The summed E-state index contributed by atoms with van der Waals surface area (Å²) in [6.07, 6.45) is 3.24. The van der Waals surface area contributed by atoms with Gasteiger partial charge in [-0.3, -0.25) is 0 Å². The smallest absolute Gasteiger partial charge is 0.142 e. The molecule has 6 heteroatoms. The Morgan fingerprint density at radius 3 is 2.85 bits per heavy atom. The molecule has 1 heterocycles. The van der Waals surface area contributed by atoms with Gasteiger partial charge in [0.15, 0.2) is 0 Å². The highest BCUT2D eigenvalue weighted by atomic mass is 35.5. The van der Waals surface area contributed by atoms with E-state index < -0.39 is 0 Å². The van der Waals surface area contributed by atoms with Crippen LogP contribution in [0.2, 0.25) is 5.02 Å². The first-order valence-corrected chi connectivity index (χ1v) is 6.38. The Bertz CT molecular complexity index is 603. The lowest BCUT2D eigenvalue weighted by atomic mass is 10.3. The van der Waals surface area contributed by atoms with E-state index in [1.165, 1.54) is 6.33 Å². The summed E-state index contributed by atoms with van der Waals surface area (Å²) in [7, 11) is 1.60. The minimum atomic E-state index is 0.618. The van der Waals surface area contributed by atoms with Gasteiger partial charge in [0, 0.05) is 17.6 Å². The molecule has 104 valence electrons. The summed E-state index contributed by atoms with van der Waals surface area (Å²) in [4.78, 5) is 8.27. The molecule has 0 atom stereocenters. The third-order valence-electron chi connectivity index (χ3n) is 2.52. The zero-order valence-corrected chi connectivity index (χ0v) is 11.8. The minimum Gasteiger partial charge on any atom is -0.495 e. The predicted octanol–water partition coefficient (Wildman–Crippen LogP) is 3.48. The van der Waals surface area contributed by atoms with E-state index in [4.69, 9.17) is 16.3 Å². The summed E-state index contributed by atoms with van der Waals surface area (Å²) in [5, 5.41) is 6.87. The zero-order valence-electron chi connectivity index (χ0n) is 11.1. The molecule has 0 aliphatic carbocycles. The van der Waals surface area contributed by atoms with Gasteiger partial charge in [0.25, 0.3) is 0 Å². The van der Waals surface area contributed by atoms with Crippen LogP contribution in [-0.4, -0.2) is 23.6 Å². The van der Waals surface area contributed by atoms with Gasteiger partial charge in [-0.2, -0.15) is 0 Å². The summed E-state index contributed by atoms with van der Waals surface area (Å²) in [5.74, 6) is 2.05. The average molecular weight is 291 g/mol. The highest BCUT2D eigenvalue weighted by Crippen LogP contribution is 2.30. The van der Waals surface area contributed by atoms with Gasteiger partial charge in [-0.1, -0.05) is 17.7 Å². The van der Waals surface area contributed by atoms with Crippen molar-refractivity contribution in [2.24, 2.45) is 0 Å². The Morgan fingerprint density at radius 1 is 1.30 bits per heavy atom. The van der Waals surface area contributed by atoms with Crippen molar-refractivity contribution in [3.05, 3.63) is 48.3 Å². The lowest BCUT2D eigenvalue weighted by Gasteiger charge is -2.11. The molecule has 2 aromatic rings. The number of ether oxygens (including phenoxy) is 1. The Morgan fingerprint density at radius 2 is 2.10 bits per heavy atom. The van der Waals surface area contributed by atoms with Gasteiger partial charge in [-0.15, -0.1) is 6.58 Å². The summed E-state index contributed by atoms with van der Waals surface area (Å²) >= 11 is 5.99. The highest BCUT2D eigenvalue weighted by molar-refractivity contribution is 6.31. The fourth-order valence-electron chi connectivity index (χ4n) is 1.61. The first-order chi connectivity index (χ1) is 9.72. The van der Waals surface area contributed by atoms with Crippen molar-refractivity contribution < 1.29 is 4.74 Å². The predicted molar refractivity (Wildman–Crippen MR) is 82.0 cm³/mol. The molecule has 0 aliphatic heterocycles. The summed E-state index contributed by atoms with van der Waals surface area (Å²) in [6.45, 7) is 4.28. The molecule has 0 radical (unpaired) electrons. The number of methoxy groups -OCH3 is 1. The van der Waals surface area contributed by atoms with Crippen molar-refractivity contribution in [3.8, 4) is 5.75 Å². The first-order valence-electron chi connectivity index (χ1n) is 6.00. The van der Waals surface area contributed by atoms with Crippen LogP contribution in [-0.2, 0) is 0 Å². The molecule has 0 spiro atoms. The molecule has 0 unspecified atom stereocenters. The fourth-order valence-corrected chi connectivity index (χ4v) is 1.79. The van der Waals surface area contributed by atoms with Gasteiger partial charge in [-0.25, -0.2) is 9.97 Å². The van der Waals surface area contributed by atoms with Gasteiger partial charge in [0.05, 0.1) is 12.8 Å². The largest absolute Gasteiger partial charge is 0.495 e. The molecule has 0 amide bonds. The molecule has 0 aliphatic rings. The molecule has 0 saturated heterocycles. The molecule has 1 aromatic heterocycles. The van der Waals surface area contributed by atoms with E-state index in [0.29, 0.717) is 29.0 Å². The number of nitrogens with zero attached hydrogens (tertiary/aromatic N) is 2. The van der Waals surface area contributed by atoms with Crippen LogP contribution in [0.4, 0.5) is 17.3 Å². The first kappa shape index (κ1) is 14.1. The lowest BCUT2D eigenvalue weighted by molar-refractivity contribution is 0.417. The Hall–Kier alpha value is -2.27. The van der Waals surface area contributed by atoms with Crippen molar-refractivity contribution in [2.45, 2.75) is 0 Å². The number of nitrogens with one attached hydrogen (secondary N) is 2. The monoisotopic (exact) mass is 290 g/mol. The third-order valence-corrected chi connectivity index (χ3v) is 2.75. The number of benzene rings is 1. The third kappa shape index (κ3) is 3.61. The van der Waals surface area contributed by atoms with E-state index in [0.717, 1.165) is 5.69 Å². The van der Waals surface area contributed by atoms with Gasteiger partial charge >= 0.3 is 0 Å². The molecule has 2 rings (SSSR count). The number of hydrogen-bond donors (Lipinski definition) is 2. The normalized spacial score (nSPS) is 9.90. The Balaban J connectivity index is 2.21. The molecule has 20 heavy (non-hydrogen) atoms. The van der Waals surface area contributed by atoms with Crippen LogP contribution in [0, 0.1) is 0 Å². The van der Waals surface area contributed by atoms with Crippen molar-refractivity contribution in [3.63, 3.8) is 0 Å². The second kappa shape index (κ2) is 6.77. The Labute approximate surface area is 122 Å². The maximum atomic E-state index is 5.99.